The maximum absolute atomic E-state index is 11.7. The van der Waals surface area contributed by atoms with Gasteiger partial charge in [-0.3, -0.25) is 9.59 Å². The highest BCUT2D eigenvalue weighted by Crippen LogP contribution is 2.06. The van der Waals surface area contributed by atoms with Gasteiger partial charge in [0, 0.05) is 19.3 Å². The smallest absolute Gasteiger partial charge is 0.321 e. The number of carbonyl (C=O) groups excluding carboxylic acids is 1. The molecule has 1 amide bonds. The molecular formula is C13H18N2O4. The van der Waals surface area contributed by atoms with E-state index in [0.717, 1.165) is 0 Å². The number of rotatable bonds is 8. The molecule has 0 spiro atoms. The van der Waals surface area contributed by atoms with Crippen molar-refractivity contribution in [3.63, 3.8) is 0 Å². The van der Waals surface area contributed by atoms with E-state index in [-0.39, 0.29) is 12.3 Å². The van der Waals surface area contributed by atoms with Crippen LogP contribution in [0.3, 0.4) is 0 Å². The minimum atomic E-state index is -1.06. The Labute approximate surface area is 111 Å². The third-order valence-electron chi connectivity index (χ3n) is 2.44. The number of para-hydroxylation sites is 1. The van der Waals surface area contributed by atoms with Gasteiger partial charge in [-0.2, -0.15) is 0 Å². The van der Waals surface area contributed by atoms with Crippen LogP contribution in [0.25, 0.3) is 0 Å². The fraction of sp³-hybridized carbons (Fsp3) is 0.385. The number of amides is 1. The number of hydrogen-bond acceptors (Lipinski definition) is 4. The second kappa shape index (κ2) is 8.23. The highest BCUT2D eigenvalue weighted by atomic mass is 16.5. The van der Waals surface area contributed by atoms with Crippen LogP contribution in [0.15, 0.2) is 30.3 Å². The highest BCUT2D eigenvalue weighted by Gasteiger charge is 2.20. The van der Waals surface area contributed by atoms with Gasteiger partial charge < -0.3 is 20.5 Å². The first-order valence-electron chi connectivity index (χ1n) is 5.93. The molecule has 0 saturated heterocycles. The van der Waals surface area contributed by atoms with E-state index in [1.54, 1.807) is 24.3 Å². The molecule has 104 valence electrons. The molecule has 0 unspecified atom stereocenters. The van der Waals surface area contributed by atoms with Gasteiger partial charge in [0.1, 0.15) is 6.04 Å². The van der Waals surface area contributed by atoms with Crippen molar-refractivity contribution in [2.45, 2.75) is 12.5 Å². The first-order valence-corrected chi connectivity index (χ1v) is 5.93. The SMILES string of the molecule is COCCN[C@@H](CC(=O)Nc1ccccc1)C(=O)O. The molecule has 1 aromatic rings. The predicted octanol–water partition coefficient (Wildman–Crippen LogP) is 0.704. The molecule has 0 aliphatic carbocycles. The van der Waals surface area contributed by atoms with E-state index in [2.05, 4.69) is 10.6 Å². The van der Waals surface area contributed by atoms with Gasteiger partial charge in [-0.25, -0.2) is 0 Å². The fourth-order valence-corrected chi connectivity index (χ4v) is 1.50. The number of anilines is 1. The van der Waals surface area contributed by atoms with Crippen molar-refractivity contribution in [1.29, 1.82) is 0 Å². The summed E-state index contributed by atoms with van der Waals surface area (Å²) in [5.74, 6) is -1.40. The van der Waals surface area contributed by atoms with Crippen LogP contribution < -0.4 is 10.6 Å². The molecule has 0 aliphatic rings. The van der Waals surface area contributed by atoms with E-state index in [0.29, 0.717) is 18.8 Å². The zero-order valence-electron chi connectivity index (χ0n) is 10.8. The summed E-state index contributed by atoms with van der Waals surface area (Å²) in [4.78, 5) is 22.7. The Morgan fingerprint density at radius 3 is 2.58 bits per heavy atom. The molecule has 6 nitrogen and oxygen atoms in total. The zero-order chi connectivity index (χ0) is 14.1. The number of carboxylic acid groups (broad SMARTS) is 1. The van der Waals surface area contributed by atoms with Crippen LogP contribution in [0.1, 0.15) is 6.42 Å². The van der Waals surface area contributed by atoms with Gasteiger partial charge in [-0.05, 0) is 12.1 Å². The molecule has 3 N–H and O–H groups in total. The van der Waals surface area contributed by atoms with Crippen molar-refractivity contribution in [2.24, 2.45) is 0 Å². The molecule has 6 heteroatoms. The number of carbonyl (C=O) groups is 2. The summed E-state index contributed by atoms with van der Waals surface area (Å²) >= 11 is 0. The van der Waals surface area contributed by atoms with E-state index in [1.165, 1.54) is 7.11 Å². The molecule has 1 rings (SSSR count). The Bertz CT molecular complexity index is 408. The Balaban J connectivity index is 2.45. The van der Waals surface area contributed by atoms with E-state index >= 15 is 0 Å². The third-order valence-corrected chi connectivity index (χ3v) is 2.44. The summed E-state index contributed by atoms with van der Waals surface area (Å²) in [6.45, 7) is 0.774. The quantitative estimate of drug-likeness (QED) is 0.603. The van der Waals surface area contributed by atoms with Crippen LogP contribution in [-0.4, -0.2) is 43.3 Å². The molecule has 0 saturated carbocycles. The number of hydrogen-bond donors (Lipinski definition) is 3. The van der Waals surface area contributed by atoms with Gasteiger partial charge >= 0.3 is 5.97 Å². The van der Waals surface area contributed by atoms with Crippen molar-refractivity contribution >= 4 is 17.6 Å². The predicted molar refractivity (Wildman–Crippen MR) is 71.0 cm³/mol. The van der Waals surface area contributed by atoms with Crippen LogP contribution in [0.5, 0.6) is 0 Å². The lowest BCUT2D eigenvalue weighted by Gasteiger charge is -2.14. The van der Waals surface area contributed by atoms with E-state index in [4.69, 9.17) is 9.84 Å². The normalized spacial score (nSPS) is 11.8. The standard InChI is InChI=1S/C13H18N2O4/c1-19-8-7-14-11(13(17)18)9-12(16)15-10-5-3-2-4-6-10/h2-6,11,14H,7-9H2,1H3,(H,15,16)(H,17,18)/t11-/m0/s1. The molecule has 0 heterocycles. The van der Waals surface area contributed by atoms with Crippen molar-refractivity contribution < 1.29 is 19.4 Å². The number of methoxy groups -OCH3 is 1. The van der Waals surface area contributed by atoms with Gasteiger partial charge in [0.05, 0.1) is 13.0 Å². The molecule has 0 aliphatic heterocycles. The van der Waals surface area contributed by atoms with Crippen molar-refractivity contribution in [2.75, 3.05) is 25.6 Å². The lowest BCUT2D eigenvalue weighted by molar-refractivity contribution is -0.141. The first-order chi connectivity index (χ1) is 9.13. The zero-order valence-corrected chi connectivity index (χ0v) is 10.8. The first kappa shape index (κ1) is 15.1. The summed E-state index contributed by atoms with van der Waals surface area (Å²) in [7, 11) is 1.53. The summed E-state index contributed by atoms with van der Waals surface area (Å²) < 4.78 is 4.82. The van der Waals surface area contributed by atoms with Gasteiger partial charge in [0.2, 0.25) is 5.91 Å². The number of benzene rings is 1. The molecule has 0 aromatic heterocycles. The van der Waals surface area contributed by atoms with Crippen LogP contribution in [-0.2, 0) is 14.3 Å². The summed E-state index contributed by atoms with van der Waals surface area (Å²) in [5, 5.41) is 14.4. The Morgan fingerprint density at radius 1 is 1.32 bits per heavy atom. The second-order valence-corrected chi connectivity index (χ2v) is 3.96. The van der Waals surface area contributed by atoms with Crippen LogP contribution >= 0.6 is 0 Å². The molecule has 0 fully saturated rings. The van der Waals surface area contributed by atoms with Crippen LogP contribution in [0.4, 0.5) is 5.69 Å². The van der Waals surface area contributed by atoms with Crippen molar-refractivity contribution in [1.82, 2.24) is 5.32 Å². The monoisotopic (exact) mass is 266 g/mol. The van der Waals surface area contributed by atoms with E-state index in [1.807, 2.05) is 6.07 Å². The summed E-state index contributed by atoms with van der Waals surface area (Å²) in [5.41, 5.74) is 0.647. The van der Waals surface area contributed by atoms with Crippen LogP contribution in [0, 0.1) is 0 Å². The van der Waals surface area contributed by atoms with Gasteiger partial charge in [0.15, 0.2) is 0 Å². The lowest BCUT2D eigenvalue weighted by atomic mass is 10.2. The van der Waals surface area contributed by atoms with Crippen molar-refractivity contribution in [3.8, 4) is 0 Å². The number of carboxylic acids is 1. The topological polar surface area (TPSA) is 87.7 Å². The number of ether oxygens (including phenoxy) is 1. The van der Waals surface area contributed by atoms with Crippen molar-refractivity contribution in [3.05, 3.63) is 30.3 Å². The number of aliphatic carboxylic acids is 1. The van der Waals surface area contributed by atoms with Gasteiger partial charge in [-0.1, -0.05) is 18.2 Å². The largest absolute Gasteiger partial charge is 0.480 e. The van der Waals surface area contributed by atoms with E-state index in [9.17, 15) is 9.59 Å². The second-order valence-electron chi connectivity index (χ2n) is 3.96. The molecule has 0 bridgehead atoms. The van der Waals surface area contributed by atoms with Gasteiger partial charge in [0.25, 0.3) is 0 Å². The Hall–Kier alpha value is -1.92. The Kier molecular flexibility index (Phi) is 6.56. The molecule has 19 heavy (non-hydrogen) atoms. The average molecular weight is 266 g/mol. The van der Waals surface area contributed by atoms with Crippen LogP contribution in [0.2, 0.25) is 0 Å². The molecule has 1 atom stereocenters. The van der Waals surface area contributed by atoms with E-state index < -0.39 is 12.0 Å². The third kappa shape index (κ3) is 5.98. The number of nitrogens with one attached hydrogen (secondary N) is 2. The maximum Gasteiger partial charge on any atom is 0.321 e. The van der Waals surface area contributed by atoms with Gasteiger partial charge in [-0.15, -0.1) is 0 Å². The molecule has 0 radical (unpaired) electrons. The highest BCUT2D eigenvalue weighted by molar-refractivity contribution is 5.93. The lowest BCUT2D eigenvalue weighted by Crippen LogP contribution is -2.41. The molecule has 1 aromatic carbocycles. The minimum absolute atomic E-state index is 0.131. The summed E-state index contributed by atoms with van der Waals surface area (Å²) in [6, 6.07) is 7.99. The maximum atomic E-state index is 11.7. The molecular weight excluding hydrogens is 248 g/mol. The Morgan fingerprint density at radius 2 is 2.00 bits per heavy atom. The minimum Gasteiger partial charge on any atom is -0.480 e. The summed E-state index contributed by atoms with van der Waals surface area (Å²) in [6.07, 6.45) is -0.131. The fourth-order valence-electron chi connectivity index (χ4n) is 1.50. The average Bonchev–Trinajstić information content (AvgIpc) is 2.38.